The van der Waals surface area contributed by atoms with Crippen LogP contribution in [0.3, 0.4) is 0 Å². The van der Waals surface area contributed by atoms with Gasteiger partial charge in [-0.2, -0.15) is 0 Å². The smallest absolute Gasteiger partial charge is 0.255 e. The number of nitrogens with zero attached hydrogens (tertiary/aromatic N) is 2. The summed E-state index contributed by atoms with van der Waals surface area (Å²) in [5.74, 6) is 0.496. The number of aromatic nitrogens is 1. The van der Waals surface area contributed by atoms with E-state index in [1.54, 1.807) is 24.1 Å². The molecule has 1 atom stereocenters. The second kappa shape index (κ2) is 7.42. The lowest BCUT2D eigenvalue weighted by Crippen LogP contribution is -2.53. The number of carbonyl (C=O) groups excluding carboxylic acids is 2. The van der Waals surface area contributed by atoms with E-state index in [1.807, 2.05) is 6.92 Å². The Labute approximate surface area is 148 Å². The minimum atomic E-state index is -0.517. The van der Waals surface area contributed by atoms with Crippen molar-refractivity contribution in [3.05, 3.63) is 23.9 Å². The first kappa shape index (κ1) is 17.7. The number of methoxy groups -OCH3 is 1. The van der Waals surface area contributed by atoms with Gasteiger partial charge in [0.05, 0.1) is 18.1 Å². The lowest BCUT2D eigenvalue weighted by atomic mass is 9.80. The molecule has 136 valence electrons. The monoisotopic (exact) mass is 345 g/mol. The Kier molecular flexibility index (Phi) is 5.25. The van der Waals surface area contributed by atoms with Crippen molar-refractivity contribution in [1.82, 2.24) is 15.2 Å². The molecule has 0 radical (unpaired) electrons. The lowest BCUT2D eigenvalue weighted by molar-refractivity contribution is -0.133. The molecule has 3 rings (SSSR count). The largest absolute Gasteiger partial charge is 0.481 e. The van der Waals surface area contributed by atoms with Gasteiger partial charge in [-0.05, 0) is 38.7 Å². The molecule has 0 aromatic carbocycles. The van der Waals surface area contributed by atoms with E-state index < -0.39 is 5.41 Å². The summed E-state index contributed by atoms with van der Waals surface area (Å²) in [4.78, 5) is 31.4. The zero-order chi connectivity index (χ0) is 17.9. The second-order valence-electron chi connectivity index (χ2n) is 7.43. The molecule has 0 bridgehead atoms. The van der Waals surface area contributed by atoms with E-state index in [0.717, 1.165) is 25.7 Å². The highest BCUT2D eigenvalue weighted by atomic mass is 16.5. The third kappa shape index (κ3) is 3.94. The van der Waals surface area contributed by atoms with Gasteiger partial charge in [0, 0.05) is 31.4 Å². The van der Waals surface area contributed by atoms with Crippen LogP contribution in [-0.2, 0) is 4.79 Å². The highest BCUT2D eigenvalue weighted by Crippen LogP contribution is 2.31. The van der Waals surface area contributed by atoms with Crippen LogP contribution >= 0.6 is 0 Å². The van der Waals surface area contributed by atoms with E-state index in [1.165, 1.54) is 19.0 Å². The number of likely N-dealkylation sites (tertiary alicyclic amines) is 1. The predicted molar refractivity (Wildman–Crippen MR) is 94.4 cm³/mol. The number of piperidine rings is 1. The van der Waals surface area contributed by atoms with Crippen LogP contribution in [0.2, 0.25) is 0 Å². The average Bonchev–Trinajstić information content (AvgIpc) is 3.14. The maximum atomic E-state index is 12.8. The van der Waals surface area contributed by atoms with E-state index in [9.17, 15) is 9.59 Å². The van der Waals surface area contributed by atoms with Crippen molar-refractivity contribution < 1.29 is 14.3 Å². The molecule has 1 aliphatic heterocycles. The highest BCUT2D eigenvalue weighted by Gasteiger charge is 2.40. The molecular formula is C19H27N3O3. The Balaban J connectivity index is 1.66. The van der Waals surface area contributed by atoms with Gasteiger partial charge in [-0.3, -0.25) is 9.59 Å². The van der Waals surface area contributed by atoms with Crippen molar-refractivity contribution in [2.45, 2.75) is 51.5 Å². The molecule has 2 aliphatic rings. The van der Waals surface area contributed by atoms with Gasteiger partial charge in [-0.1, -0.05) is 12.8 Å². The Morgan fingerprint density at radius 3 is 2.68 bits per heavy atom. The van der Waals surface area contributed by atoms with Crippen LogP contribution in [0, 0.1) is 5.41 Å². The number of nitrogens with one attached hydrogen (secondary N) is 1. The van der Waals surface area contributed by atoms with Gasteiger partial charge >= 0.3 is 0 Å². The van der Waals surface area contributed by atoms with Crippen LogP contribution in [0.4, 0.5) is 0 Å². The number of amides is 2. The Hall–Kier alpha value is -2.11. The minimum Gasteiger partial charge on any atom is -0.481 e. The van der Waals surface area contributed by atoms with Crippen molar-refractivity contribution in [3.63, 3.8) is 0 Å². The molecule has 1 aromatic heterocycles. The lowest BCUT2D eigenvalue weighted by Gasteiger charge is -2.39. The summed E-state index contributed by atoms with van der Waals surface area (Å²) in [6.45, 7) is 3.11. The van der Waals surface area contributed by atoms with E-state index in [-0.39, 0.29) is 11.8 Å². The SMILES string of the molecule is COc1ccc(C(=O)N2CCCC(C)(C(=O)NC3CCCC3)C2)cn1. The van der Waals surface area contributed by atoms with Gasteiger partial charge in [-0.25, -0.2) is 4.98 Å². The molecule has 6 nitrogen and oxygen atoms in total. The number of hydrogen-bond donors (Lipinski definition) is 1. The van der Waals surface area contributed by atoms with Crippen molar-refractivity contribution in [2.24, 2.45) is 5.41 Å². The summed E-state index contributed by atoms with van der Waals surface area (Å²) >= 11 is 0. The van der Waals surface area contributed by atoms with Crippen molar-refractivity contribution in [2.75, 3.05) is 20.2 Å². The maximum absolute atomic E-state index is 12.8. The molecule has 6 heteroatoms. The molecule has 1 N–H and O–H groups in total. The molecule has 25 heavy (non-hydrogen) atoms. The Morgan fingerprint density at radius 1 is 1.28 bits per heavy atom. The van der Waals surface area contributed by atoms with Crippen molar-refractivity contribution in [3.8, 4) is 5.88 Å². The molecule has 1 saturated carbocycles. The minimum absolute atomic E-state index is 0.0743. The second-order valence-corrected chi connectivity index (χ2v) is 7.43. The summed E-state index contributed by atoms with van der Waals surface area (Å²) in [5, 5.41) is 3.20. The van der Waals surface area contributed by atoms with Gasteiger partial charge in [0.15, 0.2) is 0 Å². The third-order valence-electron chi connectivity index (χ3n) is 5.41. The standard InChI is InChI=1S/C19H27N3O3/c1-19(18(24)21-15-6-3-4-7-15)10-5-11-22(13-19)17(23)14-8-9-16(25-2)20-12-14/h8-9,12,15H,3-7,10-11,13H2,1-2H3,(H,21,24). The molecule has 0 spiro atoms. The van der Waals surface area contributed by atoms with Gasteiger partial charge in [0.1, 0.15) is 0 Å². The predicted octanol–water partition coefficient (Wildman–Crippen LogP) is 2.39. The number of pyridine rings is 1. The van der Waals surface area contributed by atoms with E-state index in [0.29, 0.717) is 30.6 Å². The van der Waals surface area contributed by atoms with Gasteiger partial charge in [-0.15, -0.1) is 0 Å². The molecule has 1 aromatic rings. The number of rotatable bonds is 4. The first-order valence-electron chi connectivity index (χ1n) is 9.12. The zero-order valence-electron chi connectivity index (χ0n) is 15.1. The van der Waals surface area contributed by atoms with Gasteiger partial charge < -0.3 is 15.0 Å². The molecular weight excluding hydrogens is 318 g/mol. The van der Waals surface area contributed by atoms with Crippen LogP contribution in [-0.4, -0.2) is 47.9 Å². The van der Waals surface area contributed by atoms with Gasteiger partial charge in [0.2, 0.25) is 11.8 Å². The number of ether oxygens (including phenoxy) is 1. The molecule has 2 heterocycles. The topological polar surface area (TPSA) is 71.5 Å². The molecule has 2 fully saturated rings. The summed E-state index contributed by atoms with van der Waals surface area (Å²) in [5.41, 5.74) is 0.0115. The molecule has 1 aliphatic carbocycles. The van der Waals surface area contributed by atoms with Crippen LogP contribution < -0.4 is 10.1 Å². The molecule has 1 saturated heterocycles. The summed E-state index contributed by atoms with van der Waals surface area (Å²) in [6.07, 6.45) is 7.71. The highest BCUT2D eigenvalue weighted by molar-refractivity contribution is 5.94. The first-order chi connectivity index (χ1) is 12.0. The summed E-state index contributed by atoms with van der Waals surface area (Å²) in [7, 11) is 1.54. The summed E-state index contributed by atoms with van der Waals surface area (Å²) < 4.78 is 5.03. The Bertz CT molecular complexity index is 625. The van der Waals surface area contributed by atoms with Crippen LogP contribution in [0.15, 0.2) is 18.3 Å². The zero-order valence-corrected chi connectivity index (χ0v) is 15.1. The molecule has 1 unspecified atom stereocenters. The maximum Gasteiger partial charge on any atom is 0.255 e. The fourth-order valence-electron chi connectivity index (χ4n) is 3.84. The fraction of sp³-hybridized carbons (Fsp3) is 0.632. The van der Waals surface area contributed by atoms with E-state index in [2.05, 4.69) is 10.3 Å². The fourth-order valence-corrected chi connectivity index (χ4v) is 3.84. The first-order valence-corrected chi connectivity index (χ1v) is 9.12. The molecule has 2 amide bonds. The van der Waals surface area contributed by atoms with E-state index in [4.69, 9.17) is 4.74 Å². The van der Waals surface area contributed by atoms with Gasteiger partial charge in [0.25, 0.3) is 5.91 Å². The van der Waals surface area contributed by atoms with E-state index >= 15 is 0 Å². The van der Waals surface area contributed by atoms with Crippen LogP contribution in [0.5, 0.6) is 5.88 Å². The average molecular weight is 345 g/mol. The number of carbonyl (C=O) groups is 2. The van der Waals surface area contributed by atoms with Crippen molar-refractivity contribution in [1.29, 1.82) is 0 Å². The third-order valence-corrected chi connectivity index (χ3v) is 5.41. The number of hydrogen-bond acceptors (Lipinski definition) is 4. The normalized spacial score (nSPS) is 24.2. The quantitative estimate of drug-likeness (QED) is 0.909. The van der Waals surface area contributed by atoms with Crippen LogP contribution in [0.1, 0.15) is 55.8 Å². The summed E-state index contributed by atoms with van der Waals surface area (Å²) in [6, 6.07) is 3.71. The van der Waals surface area contributed by atoms with Crippen LogP contribution in [0.25, 0.3) is 0 Å². The van der Waals surface area contributed by atoms with Crippen molar-refractivity contribution >= 4 is 11.8 Å². The Morgan fingerprint density at radius 2 is 2.04 bits per heavy atom.